The highest BCUT2D eigenvalue weighted by Crippen LogP contribution is 2.19. The van der Waals surface area contributed by atoms with E-state index in [9.17, 15) is 10.1 Å². The fourth-order valence-corrected chi connectivity index (χ4v) is 0.873. The molecule has 11 heavy (non-hydrogen) atoms. The number of rotatable bonds is 1. The molecule has 0 spiro atoms. The highest BCUT2D eigenvalue weighted by molar-refractivity contribution is 6.46. The molecule has 0 aliphatic rings. The smallest absolute Gasteiger partial charge is 0.258 e. The minimum Gasteiger partial charge on any atom is -0.258 e. The molecule has 0 aromatic heterocycles. The summed E-state index contributed by atoms with van der Waals surface area (Å²) >= 11 is 5.52. The van der Waals surface area contributed by atoms with Crippen molar-refractivity contribution >= 4 is 30.6 Å². The molecule has 0 amide bonds. The SMILES string of the molecule is [B]c1cccc([N+](=O)[O-])c1Cl. The van der Waals surface area contributed by atoms with Crippen molar-refractivity contribution in [2.24, 2.45) is 0 Å². The summed E-state index contributed by atoms with van der Waals surface area (Å²) in [6, 6.07) is 4.30. The van der Waals surface area contributed by atoms with Gasteiger partial charge in [0, 0.05) is 6.07 Å². The lowest BCUT2D eigenvalue weighted by atomic mass is 9.96. The molecule has 5 heteroatoms. The first kappa shape index (κ1) is 8.08. The Bertz CT molecular complexity index is 303. The van der Waals surface area contributed by atoms with E-state index < -0.39 is 4.92 Å². The van der Waals surface area contributed by atoms with Crippen molar-refractivity contribution < 1.29 is 4.92 Å². The molecule has 0 atom stereocenters. The van der Waals surface area contributed by atoms with E-state index in [0.717, 1.165) is 0 Å². The molecule has 1 aromatic rings. The number of hydrogen-bond donors (Lipinski definition) is 0. The van der Waals surface area contributed by atoms with Crippen LogP contribution in [0, 0.1) is 10.1 Å². The summed E-state index contributed by atoms with van der Waals surface area (Å²) in [4.78, 5) is 9.67. The van der Waals surface area contributed by atoms with Gasteiger partial charge in [-0.2, -0.15) is 0 Å². The summed E-state index contributed by atoms with van der Waals surface area (Å²) in [6.07, 6.45) is 0. The minimum atomic E-state index is -0.571. The van der Waals surface area contributed by atoms with Gasteiger partial charge in [-0.1, -0.05) is 29.2 Å². The minimum absolute atomic E-state index is 0.00231. The van der Waals surface area contributed by atoms with Crippen LogP contribution in [-0.4, -0.2) is 12.8 Å². The number of nitrogens with zero attached hydrogens (tertiary/aromatic N) is 1. The summed E-state index contributed by atoms with van der Waals surface area (Å²) in [5.41, 5.74) is 0.0625. The molecule has 54 valence electrons. The van der Waals surface area contributed by atoms with Gasteiger partial charge < -0.3 is 0 Å². The van der Waals surface area contributed by atoms with E-state index >= 15 is 0 Å². The summed E-state index contributed by atoms with van der Waals surface area (Å²) in [6.45, 7) is 0. The monoisotopic (exact) mass is 167 g/mol. The number of hydrogen-bond acceptors (Lipinski definition) is 2. The Morgan fingerprint density at radius 3 is 2.64 bits per heavy atom. The van der Waals surface area contributed by atoms with Gasteiger partial charge in [-0.15, -0.1) is 0 Å². The first-order chi connectivity index (χ1) is 5.13. The lowest BCUT2D eigenvalue weighted by Gasteiger charge is -1.96. The molecule has 0 saturated heterocycles. The van der Waals surface area contributed by atoms with E-state index in [1.807, 2.05) is 0 Å². The Morgan fingerprint density at radius 2 is 2.18 bits per heavy atom. The van der Waals surface area contributed by atoms with Gasteiger partial charge in [-0.3, -0.25) is 10.1 Å². The topological polar surface area (TPSA) is 43.1 Å². The van der Waals surface area contributed by atoms with Crippen LogP contribution in [0.5, 0.6) is 0 Å². The van der Waals surface area contributed by atoms with Crippen molar-refractivity contribution in [1.29, 1.82) is 0 Å². The van der Waals surface area contributed by atoms with Crippen molar-refractivity contribution in [2.45, 2.75) is 0 Å². The average molecular weight is 167 g/mol. The van der Waals surface area contributed by atoms with Crippen molar-refractivity contribution in [3.63, 3.8) is 0 Å². The Hall–Kier alpha value is -1.03. The maximum absolute atomic E-state index is 10.2. The molecule has 0 bridgehead atoms. The summed E-state index contributed by atoms with van der Waals surface area (Å²) < 4.78 is 0. The van der Waals surface area contributed by atoms with Crippen LogP contribution in [0.2, 0.25) is 5.02 Å². The fraction of sp³-hybridized carbons (Fsp3) is 0. The maximum atomic E-state index is 10.2. The van der Waals surface area contributed by atoms with E-state index in [1.54, 1.807) is 0 Å². The summed E-state index contributed by atoms with van der Waals surface area (Å²) in [5, 5.41) is 10.2. The molecule has 0 aliphatic carbocycles. The van der Waals surface area contributed by atoms with Crippen molar-refractivity contribution in [3.05, 3.63) is 33.3 Å². The second-order valence-electron chi connectivity index (χ2n) is 1.94. The molecule has 0 aliphatic heterocycles. The first-order valence-corrected chi connectivity index (χ1v) is 3.19. The van der Waals surface area contributed by atoms with Crippen LogP contribution in [-0.2, 0) is 0 Å². The van der Waals surface area contributed by atoms with Gasteiger partial charge in [0.1, 0.15) is 12.9 Å². The fourth-order valence-electron chi connectivity index (χ4n) is 0.678. The van der Waals surface area contributed by atoms with Gasteiger partial charge in [0.2, 0.25) is 0 Å². The molecular formula is C6H3BClNO2. The molecule has 1 rings (SSSR count). The molecule has 0 unspecified atom stereocenters. The highest BCUT2D eigenvalue weighted by Gasteiger charge is 2.11. The molecular weight excluding hydrogens is 164 g/mol. The van der Waals surface area contributed by atoms with E-state index in [-0.39, 0.29) is 16.2 Å². The van der Waals surface area contributed by atoms with Crippen molar-refractivity contribution in [2.75, 3.05) is 0 Å². The third-order valence-corrected chi connectivity index (χ3v) is 1.62. The number of nitro groups is 1. The van der Waals surface area contributed by atoms with E-state index in [2.05, 4.69) is 0 Å². The van der Waals surface area contributed by atoms with E-state index in [0.29, 0.717) is 0 Å². The zero-order valence-electron chi connectivity index (χ0n) is 5.45. The zero-order chi connectivity index (χ0) is 8.43. The molecule has 1 aromatic carbocycles. The molecule has 0 saturated carbocycles. The molecule has 0 fully saturated rings. The van der Waals surface area contributed by atoms with Gasteiger partial charge >= 0.3 is 0 Å². The van der Waals surface area contributed by atoms with E-state index in [4.69, 9.17) is 19.4 Å². The lowest BCUT2D eigenvalue weighted by molar-refractivity contribution is -0.384. The number of nitro benzene ring substituents is 1. The van der Waals surface area contributed by atoms with Gasteiger partial charge in [-0.25, -0.2) is 0 Å². The third-order valence-electron chi connectivity index (χ3n) is 1.20. The average Bonchev–Trinajstić information content (AvgIpc) is 1.94. The van der Waals surface area contributed by atoms with Crippen molar-refractivity contribution in [3.8, 4) is 0 Å². The standard InChI is InChI=1S/C6H3BClNO2/c7-4-2-1-3-5(6(4)8)9(10)11/h1-3H. The zero-order valence-corrected chi connectivity index (χ0v) is 6.21. The predicted octanol–water partition coefficient (Wildman–Crippen LogP) is 1.04. The van der Waals surface area contributed by atoms with Crippen LogP contribution in [0.15, 0.2) is 18.2 Å². The maximum Gasteiger partial charge on any atom is 0.287 e. The summed E-state index contributed by atoms with van der Waals surface area (Å²) in [5.74, 6) is 0. The highest BCUT2D eigenvalue weighted by atomic mass is 35.5. The first-order valence-electron chi connectivity index (χ1n) is 2.81. The lowest BCUT2D eigenvalue weighted by Crippen LogP contribution is -2.05. The third kappa shape index (κ3) is 1.52. The molecule has 3 nitrogen and oxygen atoms in total. The van der Waals surface area contributed by atoms with Gasteiger partial charge in [0.05, 0.1) is 4.92 Å². The Labute approximate surface area is 69.5 Å². The van der Waals surface area contributed by atoms with Crippen molar-refractivity contribution in [1.82, 2.24) is 0 Å². The van der Waals surface area contributed by atoms with Crippen LogP contribution < -0.4 is 5.46 Å². The second-order valence-corrected chi connectivity index (χ2v) is 2.32. The van der Waals surface area contributed by atoms with Crippen LogP contribution in [0.25, 0.3) is 0 Å². The normalized spacial score (nSPS) is 9.55. The Morgan fingerprint density at radius 1 is 1.55 bits per heavy atom. The van der Waals surface area contributed by atoms with Crippen LogP contribution in [0.4, 0.5) is 5.69 Å². The molecule has 2 radical (unpaired) electrons. The van der Waals surface area contributed by atoms with Gasteiger partial charge in [-0.05, 0) is 0 Å². The Kier molecular flexibility index (Phi) is 2.15. The number of benzene rings is 1. The molecule has 0 N–H and O–H groups in total. The quantitative estimate of drug-likeness (QED) is 0.356. The summed E-state index contributed by atoms with van der Waals surface area (Å²) in [7, 11) is 5.32. The van der Waals surface area contributed by atoms with Gasteiger partial charge in [0.25, 0.3) is 5.69 Å². The van der Waals surface area contributed by atoms with Crippen LogP contribution >= 0.6 is 11.6 Å². The second kappa shape index (κ2) is 2.92. The van der Waals surface area contributed by atoms with Gasteiger partial charge in [0.15, 0.2) is 0 Å². The van der Waals surface area contributed by atoms with Crippen LogP contribution in [0.3, 0.4) is 0 Å². The largest absolute Gasteiger partial charge is 0.287 e. The van der Waals surface area contributed by atoms with Crippen LogP contribution in [0.1, 0.15) is 0 Å². The van der Waals surface area contributed by atoms with E-state index in [1.165, 1.54) is 18.2 Å². The predicted molar refractivity (Wildman–Crippen MR) is 43.5 cm³/mol. The Balaban J connectivity index is 3.27. The molecule has 0 heterocycles. The number of halogens is 1.